The van der Waals surface area contributed by atoms with E-state index in [0.717, 1.165) is 28.2 Å². The van der Waals surface area contributed by atoms with E-state index >= 15 is 4.39 Å². The van der Waals surface area contributed by atoms with Gasteiger partial charge in [-0.25, -0.2) is 58.2 Å². The molecule has 4 aliphatic rings. The van der Waals surface area contributed by atoms with Crippen molar-refractivity contribution >= 4 is 122 Å². The van der Waals surface area contributed by atoms with Gasteiger partial charge in [0.25, 0.3) is 22.9 Å². The lowest BCUT2D eigenvalue weighted by molar-refractivity contribution is -0.119. The molecule has 14 rings (SSSR count). The van der Waals surface area contributed by atoms with Crippen molar-refractivity contribution in [1.82, 2.24) is 83.4 Å². The molecule has 10 N–H and O–H groups in total. The van der Waals surface area contributed by atoms with E-state index in [-0.39, 0.29) is 105 Å². The van der Waals surface area contributed by atoms with Gasteiger partial charge in [0.05, 0.1) is 101 Å². The molecule has 0 radical (unpaired) electrons. The van der Waals surface area contributed by atoms with Crippen molar-refractivity contribution < 1.29 is 104 Å². The van der Waals surface area contributed by atoms with Gasteiger partial charge in [0.1, 0.15) is 37.3 Å². The first-order valence-electron chi connectivity index (χ1n) is 40.2. The Bertz CT molecular complexity index is 5640. The van der Waals surface area contributed by atoms with Gasteiger partial charge >= 0.3 is 20.9 Å². The molecule has 4 fully saturated rings. The van der Waals surface area contributed by atoms with Gasteiger partial charge in [-0.05, 0) is 37.1 Å². The number of rotatable bonds is 32. The summed E-state index contributed by atoms with van der Waals surface area (Å²) in [4.78, 5) is 144. The van der Waals surface area contributed by atoms with E-state index in [0.29, 0.717) is 77.2 Å². The van der Waals surface area contributed by atoms with Crippen molar-refractivity contribution in [3.8, 4) is 12.1 Å². The highest BCUT2D eigenvalue weighted by Gasteiger charge is 2.52. The van der Waals surface area contributed by atoms with Crippen molar-refractivity contribution in [2.45, 2.75) is 206 Å². The number of aliphatic hydroxyl groups is 1. The number of benzene rings is 2. The van der Waals surface area contributed by atoms with Crippen LogP contribution < -0.4 is 37.7 Å². The predicted molar refractivity (Wildman–Crippen MR) is 448 cm³/mol. The molecule has 0 aliphatic carbocycles. The molecule has 0 bridgehead atoms. The second-order valence-electron chi connectivity index (χ2n) is 29.8. The number of amides is 4. The minimum absolute atomic E-state index is 0.0157. The maximum absolute atomic E-state index is 16.1. The number of nitrogens with one attached hydrogen (secondary N) is 7. The first kappa shape index (κ1) is 95.6. The number of halogens is 2. The summed E-state index contributed by atoms with van der Waals surface area (Å²) in [7, 11) is -2.44. The minimum atomic E-state index is -2.29. The average Bonchev–Trinajstić information content (AvgIpc) is 1.62. The summed E-state index contributed by atoms with van der Waals surface area (Å²) >= 11 is 0. The number of carboxylic acid groups (broad SMARTS) is 2. The van der Waals surface area contributed by atoms with Crippen LogP contribution in [0.2, 0.25) is 0 Å². The zero-order valence-corrected chi connectivity index (χ0v) is 72.1. The van der Waals surface area contributed by atoms with Crippen LogP contribution in [0.25, 0.3) is 44.7 Å². The highest BCUT2D eigenvalue weighted by atomic mass is 31.2. The number of carbonyl (C=O) groups excluding carboxylic acids is 4. The fraction of sp³-hybridized carbons (Fsp3) is 0.487. The number of alkyl halides is 2. The van der Waals surface area contributed by atoms with Crippen LogP contribution in [0, 0.1) is 34.5 Å². The Labute approximate surface area is 724 Å². The lowest BCUT2D eigenvalue weighted by Crippen LogP contribution is -2.34. The largest absolute Gasteiger partial charge is 0.506 e. The molecule has 127 heavy (non-hydrogen) atoms. The zero-order chi connectivity index (χ0) is 91.3. The van der Waals surface area contributed by atoms with Gasteiger partial charge in [-0.3, -0.25) is 67.6 Å². The molecule has 45 nitrogen and oxygen atoms in total. The van der Waals surface area contributed by atoms with Gasteiger partial charge in [-0.15, -0.1) is 0 Å². The molecule has 4 saturated heterocycles. The summed E-state index contributed by atoms with van der Waals surface area (Å²) in [5.74, 6) is -2.16. The number of nitriles is 2. The number of hydrogen-bond acceptors (Lipinski definition) is 33. The van der Waals surface area contributed by atoms with Crippen molar-refractivity contribution in [2.24, 2.45) is 11.8 Å². The van der Waals surface area contributed by atoms with E-state index in [1.165, 1.54) is 19.0 Å². The molecule has 2 unspecified atom stereocenters. The Hall–Kier alpha value is -12.1. The standard InChI is InChI=1S/C36H39FN11O11P.C21H23N6O4P.C15H18FN5O7.C6H15N/c1-4-20-21(13-23(56-20)47-16-41-25-28(39-15-40-29(25)47)43-32(50)19-9-6-5-7-10-19)59-60(54-12-8-11-38)55-14-22-24(37)27(58-36(52)53)34(57-22)48-17-42-26-30(48)44-35(46-33(26)51)45-31(49)18(2)3;1-2-15-16(31-32-29-10-6-9-22)11-17(30-15)27-13-25-18-19(23-12-24-20(18)27)26-21(28)14-7-4-3-5-8-14;1-5(2)11(23)19-14-18-10-8(12(24)20-14)17-4-21(10)13-9(28-15(25)26)7(16)6(3-22)27-13;1-5(2)7-6(3)4/h5-7,9-10,15-18,20-24,27,34H,4,8,12-14H2,1-3H3,(H,52,53)(H,39,40,43,50)(H2,44,45,46,49,51);3-5,7-8,12-13,15-17,32H,2,6,10-11H2,1H3,(H,23,24,26,28);4-7,9,13,22H,3H2,1-2H3,(H,25,26)(H2,18,19,20,23,24);5-7H,1-4H3/t20-,21+,22-,23-,24-,27-,34-,60?;15-,16+,17-;6-,7-,9-,13-;/m111./s1. The van der Waals surface area contributed by atoms with Crippen LogP contribution in [0.5, 0.6) is 0 Å². The molecule has 678 valence electrons. The van der Waals surface area contributed by atoms with Crippen LogP contribution in [-0.4, -0.2) is 229 Å². The maximum Gasteiger partial charge on any atom is 0.506 e. The van der Waals surface area contributed by atoms with Gasteiger partial charge in [-0.2, -0.15) is 20.5 Å². The summed E-state index contributed by atoms with van der Waals surface area (Å²) in [5.41, 5.74) is 0.776. The second kappa shape index (κ2) is 44.9. The number of aromatic amines is 2. The highest BCUT2D eigenvalue weighted by molar-refractivity contribution is 7.41. The smallest absolute Gasteiger partial charge is 0.450 e. The van der Waals surface area contributed by atoms with Gasteiger partial charge in [0, 0.05) is 47.9 Å². The Morgan fingerprint density at radius 2 is 0.992 bits per heavy atom. The molecule has 0 saturated carbocycles. The fourth-order valence-electron chi connectivity index (χ4n) is 13.4. The van der Waals surface area contributed by atoms with Gasteiger partial charge in [0.15, 0.2) is 102 Å². The lowest BCUT2D eigenvalue weighted by Gasteiger charge is -2.24. The van der Waals surface area contributed by atoms with E-state index in [9.17, 15) is 58.2 Å². The molecule has 8 aromatic heterocycles. The quantitative estimate of drug-likeness (QED) is 0.0107. The Morgan fingerprint density at radius 1 is 0.559 bits per heavy atom. The third-order valence-corrected chi connectivity index (χ3v) is 21.3. The van der Waals surface area contributed by atoms with Crippen LogP contribution in [0.15, 0.2) is 108 Å². The second-order valence-corrected chi connectivity index (χ2v) is 31.7. The molecule has 49 heteroatoms. The number of aliphatic hydroxyl groups excluding tert-OH is 1. The number of carbonyl (C=O) groups is 6. The molecule has 2 aromatic carbocycles. The summed E-state index contributed by atoms with van der Waals surface area (Å²) in [6.07, 6.45) is -8.46. The van der Waals surface area contributed by atoms with Gasteiger partial charge in [-0.1, -0.05) is 106 Å². The molecule has 0 spiro atoms. The Balaban J connectivity index is 0.000000195. The molecule has 4 amide bonds. The summed E-state index contributed by atoms with van der Waals surface area (Å²) < 4.78 is 99.0. The van der Waals surface area contributed by atoms with Gasteiger partial charge < -0.3 is 82.3 Å². The Kier molecular flexibility index (Phi) is 33.8. The lowest BCUT2D eigenvalue weighted by atomic mass is 10.1. The van der Waals surface area contributed by atoms with Crippen molar-refractivity contribution in [3.63, 3.8) is 0 Å². The molecule has 10 aromatic rings. The predicted octanol–water partition coefficient (Wildman–Crippen LogP) is 9.36. The van der Waals surface area contributed by atoms with E-state index in [4.69, 9.17) is 56.7 Å². The number of aromatic nitrogens is 16. The van der Waals surface area contributed by atoms with Crippen LogP contribution >= 0.6 is 17.6 Å². The SMILES string of the molecule is CC(C)C(=O)Nc1nc2c(ncn2[C@@H]2O[C@H](CO)[C@@H](F)[C@H]2OC(=O)O)c(=O)[nH]1.CC(C)NC(C)C.CC[C@H]1O[C@@H](n2cnc3c(NC(=O)c4ccccc4)ncnc32)C[C@@H]1OP(OCCC#N)OC[C@H]1O[C@@H](n2cnc3c(=O)[nH]c(NC(=O)C(C)C)nc32)[C@H](OC(=O)O)[C@@H]1F.CC[C@H]1O[C@@H](n2cnc3c(NC(=O)c4ccccc4)ncnc32)C[C@@H]1OPOCCC#N. The molecule has 12 heterocycles. The Morgan fingerprint density at radius 3 is 1.43 bits per heavy atom. The van der Waals surface area contributed by atoms with E-state index in [2.05, 4.69) is 119 Å². The first-order valence-corrected chi connectivity index (χ1v) is 42.1. The van der Waals surface area contributed by atoms with Gasteiger partial charge in [0.2, 0.25) is 23.7 Å². The number of anilines is 4. The molecule has 4 aliphatic heterocycles. The van der Waals surface area contributed by atoms with Crippen LogP contribution in [-0.2, 0) is 60.6 Å². The number of hydrogen-bond donors (Lipinski definition) is 10. The van der Waals surface area contributed by atoms with Crippen molar-refractivity contribution in [3.05, 3.63) is 130 Å². The average molecular weight is 1810 g/mol. The number of ether oxygens (including phenoxy) is 6. The normalized spacial score (nSPS) is 22.2. The van der Waals surface area contributed by atoms with Crippen LogP contribution in [0.4, 0.5) is 41.9 Å². The number of fused-ring (bicyclic) bond motifs is 4. The maximum atomic E-state index is 16.1. The third kappa shape index (κ3) is 24.2. The van der Waals surface area contributed by atoms with Crippen LogP contribution in [0.1, 0.15) is 153 Å². The van der Waals surface area contributed by atoms with E-state index in [1.54, 1.807) is 93.2 Å². The molecular weight excluding hydrogens is 1710 g/mol. The monoisotopic (exact) mass is 1810 g/mol. The topological polar surface area (TPSA) is 587 Å². The zero-order valence-electron chi connectivity index (χ0n) is 70.2. The summed E-state index contributed by atoms with van der Waals surface area (Å²) in [5, 5.41) is 59.2. The van der Waals surface area contributed by atoms with Crippen molar-refractivity contribution in [2.75, 3.05) is 47.7 Å². The summed E-state index contributed by atoms with van der Waals surface area (Å²) in [6, 6.07) is 22.8. The van der Waals surface area contributed by atoms with Crippen LogP contribution in [0.3, 0.4) is 0 Å². The number of H-pyrrole nitrogens is 2. The van der Waals surface area contributed by atoms with E-state index in [1.807, 2.05) is 36.6 Å². The minimum Gasteiger partial charge on any atom is -0.450 e. The summed E-state index contributed by atoms with van der Waals surface area (Å²) in [6.45, 7) is 18.1. The highest BCUT2D eigenvalue weighted by Crippen LogP contribution is 2.48. The first-order chi connectivity index (χ1) is 61.0. The van der Waals surface area contributed by atoms with Crippen molar-refractivity contribution in [1.29, 1.82) is 10.5 Å². The number of nitrogens with zero attached hydrogens (tertiary/aromatic N) is 16. The fourth-order valence-corrected chi connectivity index (χ4v) is 15.2. The molecule has 16 atom stereocenters. The van der Waals surface area contributed by atoms with E-state index < -0.39 is 131 Å². The number of imidazole rings is 4. The molecular formula is C78H95F2N23O22P2. The third-order valence-electron chi connectivity index (χ3n) is 19.4.